The summed E-state index contributed by atoms with van der Waals surface area (Å²) in [5.74, 6) is 2.25. The molecule has 0 radical (unpaired) electrons. The van der Waals surface area contributed by atoms with E-state index in [0.717, 1.165) is 12.2 Å². The molecule has 0 amide bonds. The van der Waals surface area contributed by atoms with Gasteiger partial charge in [0.2, 0.25) is 0 Å². The van der Waals surface area contributed by atoms with E-state index in [1.54, 1.807) is 19.2 Å². The summed E-state index contributed by atoms with van der Waals surface area (Å²) in [4.78, 5) is 0. The fraction of sp³-hybridized carbons (Fsp3) is 0.333. The molecule has 0 aliphatic rings. The summed E-state index contributed by atoms with van der Waals surface area (Å²) in [7, 11) is 1.60. The molecular weight excluding hydrogens is 278 g/mol. The average molecular weight is 301 g/mol. The Morgan fingerprint density at radius 2 is 1.55 bits per heavy atom. The van der Waals surface area contributed by atoms with E-state index in [9.17, 15) is 0 Å². The number of ether oxygens (including phenoxy) is 3. The zero-order chi connectivity index (χ0) is 15.9. The standard InChI is InChI=1S/C18H23NO3/c1-13-9-14(2)11-16(10-13)21-7-4-8-22-17-6-5-15(19)12-18(17)20-3/h5-6,9-12H,4,7-8,19H2,1-3H3. The van der Waals surface area contributed by atoms with Crippen LogP contribution in [-0.2, 0) is 0 Å². The highest BCUT2D eigenvalue weighted by Gasteiger charge is 2.04. The van der Waals surface area contributed by atoms with Gasteiger partial charge in [-0.25, -0.2) is 0 Å². The number of benzene rings is 2. The van der Waals surface area contributed by atoms with Gasteiger partial charge in [-0.2, -0.15) is 0 Å². The molecule has 4 heteroatoms. The highest BCUT2D eigenvalue weighted by molar-refractivity contribution is 5.51. The molecule has 0 saturated heterocycles. The first kappa shape index (κ1) is 16.0. The Hall–Kier alpha value is -2.36. The molecule has 2 aromatic rings. The Morgan fingerprint density at radius 3 is 2.23 bits per heavy atom. The van der Waals surface area contributed by atoms with Crippen LogP contribution in [0.1, 0.15) is 17.5 Å². The smallest absolute Gasteiger partial charge is 0.162 e. The van der Waals surface area contributed by atoms with Crippen LogP contribution in [0.25, 0.3) is 0 Å². The van der Waals surface area contributed by atoms with Gasteiger partial charge in [-0.1, -0.05) is 6.07 Å². The molecule has 2 aromatic carbocycles. The van der Waals surface area contributed by atoms with Crippen LogP contribution in [0.3, 0.4) is 0 Å². The zero-order valence-corrected chi connectivity index (χ0v) is 13.4. The predicted octanol–water partition coefficient (Wildman–Crippen LogP) is 3.74. The molecule has 22 heavy (non-hydrogen) atoms. The molecule has 2 N–H and O–H groups in total. The minimum Gasteiger partial charge on any atom is -0.493 e. The van der Waals surface area contributed by atoms with E-state index in [1.807, 2.05) is 18.2 Å². The summed E-state index contributed by atoms with van der Waals surface area (Å²) in [5.41, 5.74) is 8.78. The first-order valence-corrected chi connectivity index (χ1v) is 7.36. The summed E-state index contributed by atoms with van der Waals surface area (Å²) in [6.45, 7) is 5.30. The van der Waals surface area contributed by atoms with Gasteiger partial charge in [0, 0.05) is 18.2 Å². The number of anilines is 1. The average Bonchev–Trinajstić information content (AvgIpc) is 2.47. The van der Waals surface area contributed by atoms with Crippen LogP contribution in [-0.4, -0.2) is 20.3 Å². The van der Waals surface area contributed by atoms with Crippen LogP contribution in [0.15, 0.2) is 36.4 Å². The summed E-state index contributed by atoms with van der Waals surface area (Å²) in [6.07, 6.45) is 0.792. The van der Waals surface area contributed by atoms with Gasteiger partial charge < -0.3 is 19.9 Å². The van der Waals surface area contributed by atoms with Gasteiger partial charge in [-0.3, -0.25) is 0 Å². The van der Waals surface area contributed by atoms with E-state index in [1.165, 1.54) is 11.1 Å². The molecule has 0 saturated carbocycles. The molecule has 0 aromatic heterocycles. The van der Waals surface area contributed by atoms with Gasteiger partial charge in [0.05, 0.1) is 20.3 Å². The van der Waals surface area contributed by atoms with Gasteiger partial charge >= 0.3 is 0 Å². The quantitative estimate of drug-likeness (QED) is 0.625. The summed E-state index contributed by atoms with van der Waals surface area (Å²) >= 11 is 0. The lowest BCUT2D eigenvalue weighted by atomic mass is 10.1. The van der Waals surface area contributed by atoms with E-state index in [2.05, 4.69) is 19.9 Å². The highest BCUT2D eigenvalue weighted by Crippen LogP contribution is 2.29. The number of methoxy groups -OCH3 is 1. The molecule has 0 fully saturated rings. The minimum atomic E-state index is 0.561. The normalized spacial score (nSPS) is 10.3. The largest absolute Gasteiger partial charge is 0.493 e. The third kappa shape index (κ3) is 4.58. The topological polar surface area (TPSA) is 53.7 Å². The molecule has 0 heterocycles. The van der Waals surface area contributed by atoms with Gasteiger partial charge in [0.15, 0.2) is 11.5 Å². The Morgan fingerprint density at radius 1 is 0.864 bits per heavy atom. The van der Waals surface area contributed by atoms with Crippen LogP contribution < -0.4 is 19.9 Å². The van der Waals surface area contributed by atoms with Crippen molar-refractivity contribution in [3.63, 3.8) is 0 Å². The Balaban J connectivity index is 1.78. The molecule has 4 nitrogen and oxygen atoms in total. The third-order valence-corrected chi connectivity index (χ3v) is 3.20. The number of hydrogen-bond donors (Lipinski definition) is 1. The maximum absolute atomic E-state index is 5.75. The Bertz CT molecular complexity index is 605. The summed E-state index contributed by atoms with van der Waals surface area (Å²) in [5, 5.41) is 0. The van der Waals surface area contributed by atoms with Crippen molar-refractivity contribution >= 4 is 5.69 Å². The lowest BCUT2D eigenvalue weighted by Crippen LogP contribution is -2.06. The number of nitrogen functional groups attached to an aromatic ring is 1. The Labute approximate surface area is 131 Å². The molecule has 0 bridgehead atoms. The molecule has 0 aliphatic carbocycles. The Kier molecular flexibility index (Phi) is 5.53. The fourth-order valence-corrected chi connectivity index (χ4v) is 2.25. The highest BCUT2D eigenvalue weighted by atomic mass is 16.5. The maximum atomic E-state index is 5.75. The molecule has 0 unspecified atom stereocenters. The molecule has 0 aliphatic heterocycles. The van der Waals surface area contributed by atoms with Gasteiger partial charge in [-0.05, 0) is 49.2 Å². The number of aryl methyl sites for hydroxylation is 2. The number of rotatable bonds is 7. The molecule has 0 spiro atoms. The fourth-order valence-electron chi connectivity index (χ4n) is 2.25. The summed E-state index contributed by atoms with van der Waals surface area (Å²) in [6, 6.07) is 11.6. The van der Waals surface area contributed by atoms with Gasteiger partial charge in [0.25, 0.3) is 0 Å². The molecule has 0 atom stereocenters. The predicted molar refractivity (Wildman–Crippen MR) is 88.9 cm³/mol. The van der Waals surface area contributed by atoms with Gasteiger partial charge in [-0.15, -0.1) is 0 Å². The van der Waals surface area contributed by atoms with E-state index >= 15 is 0 Å². The van der Waals surface area contributed by atoms with Crippen molar-refractivity contribution in [3.05, 3.63) is 47.5 Å². The second kappa shape index (κ2) is 7.59. The van der Waals surface area contributed by atoms with Crippen LogP contribution in [0.4, 0.5) is 5.69 Å². The van der Waals surface area contributed by atoms with E-state index in [0.29, 0.717) is 30.4 Å². The van der Waals surface area contributed by atoms with Crippen molar-refractivity contribution in [2.45, 2.75) is 20.3 Å². The first-order valence-electron chi connectivity index (χ1n) is 7.36. The van der Waals surface area contributed by atoms with Crippen LogP contribution >= 0.6 is 0 Å². The summed E-state index contributed by atoms with van der Waals surface area (Å²) < 4.78 is 16.7. The van der Waals surface area contributed by atoms with Crippen molar-refractivity contribution in [2.75, 3.05) is 26.1 Å². The van der Waals surface area contributed by atoms with Crippen LogP contribution in [0.5, 0.6) is 17.2 Å². The second-order valence-electron chi connectivity index (χ2n) is 5.28. The molecular formula is C18H23NO3. The monoisotopic (exact) mass is 301 g/mol. The van der Waals surface area contributed by atoms with Crippen molar-refractivity contribution in [1.82, 2.24) is 0 Å². The van der Waals surface area contributed by atoms with Crippen molar-refractivity contribution in [2.24, 2.45) is 0 Å². The lowest BCUT2D eigenvalue weighted by molar-refractivity contribution is 0.240. The van der Waals surface area contributed by atoms with E-state index in [-0.39, 0.29) is 0 Å². The second-order valence-corrected chi connectivity index (χ2v) is 5.28. The number of hydrogen-bond acceptors (Lipinski definition) is 4. The van der Waals surface area contributed by atoms with Crippen LogP contribution in [0, 0.1) is 13.8 Å². The molecule has 2 rings (SSSR count). The first-order chi connectivity index (χ1) is 10.6. The minimum absolute atomic E-state index is 0.561. The van der Waals surface area contributed by atoms with Crippen molar-refractivity contribution in [3.8, 4) is 17.2 Å². The van der Waals surface area contributed by atoms with Crippen molar-refractivity contribution in [1.29, 1.82) is 0 Å². The van der Waals surface area contributed by atoms with E-state index in [4.69, 9.17) is 19.9 Å². The number of nitrogens with two attached hydrogens (primary N) is 1. The SMILES string of the molecule is COc1cc(N)ccc1OCCCOc1cc(C)cc(C)c1. The van der Waals surface area contributed by atoms with Crippen molar-refractivity contribution < 1.29 is 14.2 Å². The van der Waals surface area contributed by atoms with E-state index < -0.39 is 0 Å². The van der Waals surface area contributed by atoms with Crippen LogP contribution in [0.2, 0.25) is 0 Å². The zero-order valence-electron chi connectivity index (χ0n) is 13.4. The lowest BCUT2D eigenvalue weighted by Gasteiger charge is -2.12. The molecule has 118 valence electrons. The maximum Gasteiger partial charge on any atom is 0.162 e. The van der Waals surface area contributed by atoms with Gasteiger partial charge in [0.1, 0.15) is 5.75 Å². The third-order valence-electron chi connectivity index (χ3n) is 3.20.